The fraction of sp³-hybridized carbons (Fsp3) is 0.385. The SMILES string of the molecule is CC(C)(C)C(O)c1ccc2nccnc2c1. The Morgan fingerprint density at radius 3 is 2.31 bits per heavy atom. The molecule has 0 amide bonds. The van der Waals surface area contributed by atoms with Crippen molar-refractivity contribution < 1.29 is 5.11 Å². The highest BCUT2D eigenvalue weighted by atomic mass is 16.3. The predicted molar refractivity (Wildman–Crippen MR) is 64.0 cm³/mol. The van der Waals surface area contributed by atoms with Gasteiger partial charge in [0.2, 0.25) is 0 Å². The molecule has 1 atom stereocenters. The highest BCUT2D eigenvalue weighted by Gasteiger charge is 2.23. The Labute approximate surface area is 95.2 Å². The molecule has 2 aromatic rings. The second-order valence-electron chi connectivity index (χ2n) is 5.07. The van der Waals surface area contributed by atoms with Gasteiger partial charge in [-0.1, -0.05) is 26.8 Å². The lowest BCUT2D eigenvalue weighted by atomic mass is 9.85. The third-order valence-electron chi connectivity index (χ3n) is 2.63. The van der Waals surface area contributed by atoms with Crippen molar-refractivity contribution in [2.45, 2.75) is 26.9 Å². The smallest absolute Gasteiger partial charge is 0.0890 e. The average Bonchev–Trinajstić information content (AvgIpc) is 2.26. The Bertz CT molecular complexity index is 503. The summed E-state index contributed by atoms with van der Waals surface area (Å²) in [4.78, 5) is 8.43. The summed E-state index contributed by atoms with van der Waals surface area (Å²) in [6, 6.07) is 5.71. The normalized spacial score (nSPS) is 14.0. The average molecular weight is 216 g/mol. The number of rotatable bonds is 1. The Kier molecular flexibility index (Phi) is 2.64. The third-order valence-corrected chi connectivity index (χ3v) is 2.63. The van der Waals surface area contributed by atoms with Crippen molar-refractivity contribution in [2.75, 3.05) is 0 Å². The molecule has 0 aliphatic carbocycles. The summed E-state index contributed by atoms with van der Waals surface area (Å²) in [6.45, 7) is 6.04. The Morgan fingerprint density at radius 1 is 1.06 bits per heavy atom. The molecule has 1 N–H and O–H groups in total. The monoisotopic (exact) mass is 216 g/mol. The maximum atomic E-state index is 10.2. The maximum Gasteiger partial charge on any atom is 0.0890 e. The van der Waals surface area contributed by atoms with Gasteiger partial charge in [0.15, 0.2) is 0 Å². The first-order valence-corrected chi connectivity index (χ1v) is 5.37. The van der Waals surface area contributed by atoms with Crippen LogP contribution in [-0.2, 0) is 0 Å². The van der Waals surface area contributed by atoms with E-state index in [1.54, 1.807) is 12.4 Å². The zero-order valence-corrected chi connectivity index (χ0v) is 9.81. The van der Waals surface area contributed by atoms with E-state index < -0.39 is 6.10 Å². The molecule has 2 rings (SSSR count). The highest BCUT2D eigenvalue weighted by molar-refractivity contribution is 5.74. The van der Waals surface area contributed by atoms with Crippen molar-refractivity contribution >= 4 is 11.0 Å². The first-order valence-electron chi connectivity index (χ1n) is 5.37. The number of hydrogen-bond acceptors (Lipinski definition) is 3. The molecule has 84 valence electrons. The van der Waals surface area contributed by atoms with Crippen molar-refractivity contribution in [3.8, 4) is 0 Å². The molecule has 1 heterocycles. The van der Waals surface area contributed by atoms with Crippen LogP contribution in [0.15, 0.2) is 30.6 Å². The summed E-state index contributed by atoms with van der Waals surface area (Å²) in [5, 5.41) is 10.2. The topological polar surface area (TPSA) is 46.0 Å². The summed E-state index contributed by atoms with van der Waals surface area (Å²) in [6.07, 6.45) is 2.84. The van der Waals surface area contributed by atoms with Gasteiger partial charge in [-0.25, -0.2) is 0 Å². The van der Waals surface area contributed by atoms with Crippen LogP contribution in [0, 0.1) is 5.41 Å². The fourth-order valence-electron chi connectivity index (χ4n) is 1.65. The van der Waals surface area contributed by atoms with Gasteiger partial charge >= 0.3 is 0 Å². The van der Waals surface area contributed by atoms with E-state index in [0.717, 1.165) is 16.6 Å². The molecule has 1 aromatic carbocycles. The molecular formula is C13H16N2O. The summed E-state index contributed by atoms with van der Waals surface area (Å²) >= 11 is 0. The number of aromatic nitrogens is 2. The Balaban J connectivity index is 2.47. The molecule has 0 aliphatic rings. The minimum Gasteiger partial charge on any atom is -0.388 e. The van der Waals surface area contributed by atoms with Crippen LogP contribution in [0.4, 0.5) is 0 Å². The van der Waals surface area contributed by atoms with E-state index in [1.165, 1.54) is 0 Å². The van der Waals surface area contributed by atoms with Crippen molar-refractivity contribution in [1.29, 1.82) is 0 Å². The van der Waals surface area contributed by atoms with Crippen molar-refractivity contribution in [3.05, 3.63) is 36.2 Å². The Morgan fingerprint density at radius 2 is 1.69 bits per heavy atom. The van der Waals surface area contributed by atoms with E-state index in [2.05, 4.69) is 9.97 Å². The number of hydrogen-bond donors (Lipinski definition) is 1. The third kappa shape index (κ3) is 2.04. The molecule has 0 bridgehead atoms. The van der Waals surface area contributed by atoms with Gasteiger partial charge in [0.05, 0.1) is 17.1 Å². The first kappa shape index (κ1) is 11.0. The van der Waals surface area contributed by atoms with Crippen LogP contribution in [-0.4, -0.2) is 15.1 Å². The minimum absolute atomic E-state index is 0.171. The Hall–Kier alpha value is -1.48. The minimum atomic E-state index is -0.487. The van der Waals surface area contributed by atoms with Gasteiger partial charge in [-0.3, -0.25) is 9.97 Å². The van der Waals surface area contributed by atoms with Gasteiger partial charge in [-0.15, -0.1) is 0 Å². The lowest BCUT2D eigenvalue weighted by molar-refractivity contribution is 0.0628. The molecule has 16 heavy (non-hydrogen) atoms. The summed E-state index contributed by atoms with van der Waals surface area (Å²) in [5.41, 5.74) is 2.40. The zero-order chi connectivity index (χ0) is 11.8. The van der Waals surface area contributed by atoms with Crippen molar-refractivity contribution in [3.63, 3.8) is 0 Å². The van der Waals surface area contributed by atoms with E-state index in [9.17, 15) is 5.11 Å². The van der Waals surface area contributed by atoms with Crippen LogP contribution < -0.4 is 0 Å². The number of fused-ring (bicyclic) bond motifs is 1. The number of nitrogens with zero attached hydrogens (tertiary/aromatic N) is 2. The van der Waals surface area contributed by atoms with Crippen LogP contribution in [0.25, 0.3) is 11.0 Å². The number of benzene rings is 1. The van der Waals surface area contributed by atoms with Gasteiger partial charge in [-0.2, -0.15) is 0 Å². The molecule has 0 fully saturated rings. The maximum absolute atomic E-state index is 10.2. The van der Waals surface area contributed by atoms with E-state index in [1.807, 2.05) is 39.0 Å². The summed E-state index contributed by atoms with van der Waals surface area (Å²) < 4.78 is 0. The predicted octanol–water partition coefficient (Wildman–Crippen LogP) is 2.71. The van der Waals surface area contributed by atoms with Gasteiger partial charge in [0.25, 0.3) is 0 Å². The molecule has 0 saturated heterocycles. The quantitative estimate of drug-likeness (QED) is 0.797. The van der Waals surface area contributed by atoms with Crippen LogP contribution in [0.1, 0.15) is 32.4 Å². The number of aliphatic hydroxyl groups is 1. The van der Waals surface area contributed by atoms with Gasteiger partial charge in [0, 0.05) is 12.4 Å². The molecule has 0 aliphatic heterocycles. The molecule has 3 heteroatoms. The molecule has 1 aromatic heterocycles. The van der Waals surface area contributed by atoms with E-state index in [4.69, 9.17) is 0 Å². The van der Waals surface area contributed by atoms with Crippen LogP contribution >= 0.6 is 0 Å². The highest BCUT2D eigenvalue weighted by Crippen LogP contribution is 2.33. The fourth-order valence-corrected chi connectivity index (χ4v) is 1.65. The lowest BCUT2D eigenvalue weighted by Crippen LogP contribution is -2.17. The molecule has 0 saturated carbocycles. The van der Waals surface area contributed by atoms with E-state index >= 15 is 0 Å². The molecule has 0 radical (unpaired) electrons. The molecule has 0 spiro atoms. The van der Waals surface area contributed by atoms with Crippen molar-refractivity contribution in [1.82, 2.24) is 9.97 Å². The summed E-state index contributed by atoms with van der Waals surface area (Å²) in [7, 11) is 0. The summed E-state index contributed by atoms with van der Waals surface area (Å²) in [5.74, 6) is 0. The van der Waals surface area contributed by atoms with Gasteiger partial charge < -0.3 is 5.11 Å². The van der Waals surface area contributed by atoms with E-state index in [-0.39, 0.29) is 5.41 Å². The standard InChI is InChI=1S/C13H16N2O/c1-13(2,3)12(16)9-4-5-10-11(8-9)15-7-6-14-10/h4-8,12,16H,1-3H3. The molecular weight excluding hydrogens is 200 g/mol. The largest absolute Gasteiger partial charge is 0.388 e. The second kappa shape index (κ2) is 3.83. The second-order valence-corrected chi connectivity index (χ2v) is 5.07. The van der Waals surface area contributed by atoms with Gasteiger partial charge in [0.1, 0.15) is 0 Å². The molecule has 3 nitrogen and oxygen atoms in total. The molecule has 1 unspecified atom stereocenters. The number of aliphatic hydroxyl groups excluding tert-OH is 1. The van der Waals surface area contributed by atoms with Gasteiger partial charge in [-0.05, 0) is 23.1 Å². The first-order chi connectivity index (χ1) is 7.48. The van der Waals surface area contributed by atoms with E-state index in [0.29, 0.717) is 0 Å². The van der Waals surface area contributed by atoms with Crippen LogP contribution in [0.5, 0.6) is 0 Å². The zero-order valence-electron chi connectivity index (χ0n) is 9.81. The van der Waals surface area contributed by atoms with Crippen LogP contribution in [0.2, 0.25) is 0 Å². The van der Waals surface area contributed by atoms with Crippen molar-refractivity contribution in [2.24, 2.45) is 5.41 Å². The lowest BCUT2D eigenvalue weighted by Gasteiger charge is -2.26. The van der Waals surface area contributed by atoms with Crippen LogP contribution in [0.3, 0.4) is 0 Å².